The summed E-state index contributed by atoms with van der Waals surface area (Å²) in [6.07, 6.45) is -2.93. The molecule has 2 aromatic heterocycles. The number of halogens is 4. The molecule has 0 atom stereocenters. The van der Waals surface area contributed by atoms with Crippen LogP contribution in [-0.2, 0) is 6.18 Å². The van der Waals surface area contributed by atoms with Gasteiger partial charge in [-0.25, -0.2) is 9.67 Å². The van der Waals surface area contributed by atoms with Gasteiger partial charge in [-0.2, -0.15) is 18.3 Å². The van der Waals surface area contributed by atoms with Crippen molar-refractivity contribution in [3.63, 3.8) is 0 Å². The Kier molecular flexibility index (Phi) is 6.10. The largest absolute Gasteiger partial charge is 0.417 e. The molecule has 0 saturated carbocycles. The molecule has 6 nitrogen and oxygen atoms in total. The Morgan fingerprint density at radius 1 is 1.03 bits per heavy atom. The average Bonchev–Trinajstić information content (AvgIpc) is 2.94. The molecule has 1 aliphatic heterocycles. The Morgan fingerprint density at radius 3 is 2.44 bits per heavy atom. The number of carbonyl (C=O) groups excluding carboxylic acids is 1. The summed E-state index contributed by atoms with van der Waals surface area (Å²) in [6, 6.07) is 11.7. The minimum atomic E-state index is -4.42. The molecule has 32 heavy (non-hydrogen) atoms. The van der Waals surface area contributed by atoms with Gasteiger partial charge in [0.1, 0.15) is 11.0 Å². The van der Waals surface area contributed by atoms with E-state index in [1.807, 2.05) is 35.2 Å². The van der Waals surface area contributed by atoms with Gasteiger partial charge >= 0.3 is 6.18 Å². The topological polar surface area (TPSA) is 54.3 Å². The summed E-state index contributed by atoms with van der Waals surface area (Å²) in [4.78, 5) is 20.8. The second-order valence-electron chi connectivity index (χ2n) is 7.53. The Bertz CT molecular complexity index is 1100. The third kappa shape index (κ3) is 4.43. The van der Waals surface area contributed by atoms with Gasteiger partial charge in [0.15, 0.2) is 0 Å². The van der Waals surface area contributed by atoms with E-state index in [2.05, 4.69) is 10.1 Å². The summed E-state index contributed by atoms with van der Waals surface area (Å²) in [5, 5.41) is 4.69. The number of alkyl halides is 3. The van der Waals surface area contributed by atoms with E-state index in [0.29, 0.717) is 49.7 Å². The number of rotatable bonds is 3. The number of hydrogen-bond donors (Lipinski definition) is 0. The van der Waals surface area contributed by atoms with Crippen LogP contribution in [0.5, 0.6) is 0 Å². The lowest BCUT2D eigenvalue weighted by molar-refractivity contribution is -0.137. The van der Waals surface area contributed by atoms with E-state index in [9.17, 15) is 18.0 Å². The van der Waals surface area contributed by atoms with E-state index in [0.717, 1.165) is 18.0 Å². The maximum absolute atomic E-state index is 13.3. The van der Waals surface area contributed by atoms with Gasteiger partial charge in [-0.1, -0.05) is 29.8 Å². The van der Waals surface area contributed by atoms with Crippen LogP contribution in [0.2, 0.25) is 5.15 Å². The first kappa shape index (κ1) is 22.1. The summed E-state index contributed by atoms with van der Waals surface area (Å²) in [5.41, 5.74) is 0.870. The molecule has 1 saturated heterocycles. The van der Waals surface area contributed by atoms with Crippen LogP contribution in [0, 0.1) is 6.92 Å². The predicted molar refractivity (Wildman–Crippen MR) is 115 cm³/mol. The molecular weight excluding hydrogens is 443 g/mol. The van der Waals surface area contributed by atoms with Gasteiger partial charge < -0.3 is 9.80 Å². The molecule has 0 bridgehead atoms. The van der Waals surface area contributed by atoms with Gasteiger partial charge in [0.05, 0.1) is 22.5 Å². The summed E-state index contributed by atoms with van der Waals surface area (Å²) < 4.78 is 39.9. The van der Waals surface area contributed by atoms with E-state index in [1.54, 1.807) is 16.5 Å². The number of nitrogens with zero attached hydrogens (tertiary/aromatic N) is 5. The Labute approximate surface area is 188 Å². The van der Waals surface area contributed by atoms with Crippen LogP contribution in [0.4, 0.5) is 19.0 Å². The fraction of sp³-hybridized carbons (Fsp3) is 0.318. The Morgan fingerprint density at radius 2 is 1.78 bits per heavy atom. The van der Waals surface area contributed by atoms with Crippen LogP contribution in [0.3, 0.4) is 0 Å². The summed E-state index contributed by atoms with van der Waals surface area (Å²) >= 11 is 6.54. The molecule has 10 heteroatoms. The third-order valence-corrected chi connectivity index (χ3v) is 5.75. The van der Waals surface area contributed by atoms with E-state index >= 15 is 0 Å². The minimum Gasteiger partial charge on any atom is -0.355 e. The van der Waals surface area contributed by atoms with Crippen LogP contribution in [-0.4, -0.2) is 51.8 Å². The number of para-hydroxylation sites is 1. The van der Waals surface area contributed by atoms with Gasteiger partial charge in [0.2, 0.25) is 0 Å². The van der Waals surface area contributed by atoms with Crippen LogP contribution >= 0.6 is 11.6 Å². The van der Waals surface area contributed by atoms with Crippen molar-refractivity contribution in [2.45, 2.75) is 19.5 Å². The van der Waals surface area contributed by atoms with Crippen molar-refractivity contribution in [2.75, 3.05) is 31.1 Å². The van der Waals surface area contributed by atoms with Gasteiger partial charge in [0, 0.05) is 32.4 Å². The van der Waals surface area contributed by atoms with Crippen LogP contribution in [0.25, 0.3) is 5.69 Å². The molecule has 168 valence electrons. The van der Waals surface area contributed by atoms with Crippen molar-refractivity contribution in [2.24, 2.45) is 0 Å². The first-order valence-electron chi connectivity index (χ1n) is 10.1. The number of hydrogen-bond acceptors (Lipinski definition) is 4. The van der Waals surface area contributed by atoms with Crippen LogP contribution < -0.4 is 4.90 Å². The predicted octanol–water partition coefficient (Wildman–Crippen LogP) is 4.60. The lowest BCUT2D eigenvalue weighted by atomic mass is 10.2. The van der Waals surface area contributed by atoms with Gasteiger partial charge in [0.25, 0.3) is 5.91 Å². The molecule has 0 aliphatic carbocycles. The molecule has 1 fully saturated rings. The molecule has 4 rings (SSSR count). The molecular formula is C22H21ClF3N5O. The summed E-state index contributed by atoms with van der Waals surface area (Å²) in [5.74, 6) is 0.246. The standard InChI is InChI=1S/C22H21ClF3N5O/c1-15-19(20(23)31(28-15)17-6-3-2-4-7-17)21(32)30-11-5-10-29(12-13-30)18-9-8-16(14-27-18)22(24,25)26/h2-4,6-9,14H,5,10-13H2,1H3. The zero-order valence-electron chi connectivity index (χ0n) is 17.3. The number of anilines is 1. The highest BCUT2D eigenvalue weighted by molar-refractivity contribution is 6.33. The molecule has 1 aliphatic rings. The van der Waals surface area contributed by atoms with Crippen molar-refractivity contribution in [1.29, 1.82) is 0 Å². The zero-order valence-corrected chi connectivity index (χ0v) is 18.1. The van der Waals surface area contributed by atoms with E-state index in [4.69, 9.17) is 11.6 Å². The molecule has 0 spiro atoms. The maximum Gasteiger partial charge on any atom is 0.417 e. The smallest absolute Gasteiger partial charge is 0.355 e. The molecule has 0 unspecified atom stereocenters. The molecule has 0 radical (unpaired) electrons. The second kappa shape index (κ2) is 8.82. The highest BCUT2D eigenvalue weighted by atomic mass is 35.5. The number of carbonyl (C=O) groups is 1. The Hall–Kier alpha value is -3.07. The third-order valence-electron chi connectivity index (χ3n) is 5.40. The monoisotopic (exact) mass is 463 g/mol. The Balaban J connectivity index is 1.49. The zero-order chi connectivity index (χ0) is 22.9. The molecule has 1 amide bonds. The van der Waals surface area contributed by atoms with Crippen molar-refractivity contribution in [1.82, 2.24) is 19.7 Å². The second-order valence-corrected chi connectivity index (χ2v) is 7.89. The summed E-state index contributed by atoms with van der Waals surface area (Å²) in [6.45, 7) is 3.68. The first-order valence-corrected chi connectivity index (χ1v) is 10.5. The van der Waals surface area contributed by atoms with Crippen LogP contribution in [0.15, 0.2) is 48.7 Å². The van der Waals surface area contributed by atoms with E-state index in [-0.39, 0.29) is 11.1 Å². The number of benzene rings is 1. The number of amides is 1. The SMILES string of the molecule is Cc1nn(-c2ccccc2)c(Cl)c1C(=O)N1CCCN(c2ccc(C(F)(F)F)cn2)CC1. The van der Waals surface area contributed by atoms with Crippen molar-refractivity contribution in [3.8, 4) is 5.69 Å². The number of aryl methyl sites for hydroxylation is 1. The molecule has 3 heterocycles. The molecule has 0 N–H and O–H groups in total. The van der Waals surface area contributed by atoms with Gasteiger partial charge in [-0.15, -0.1) is 0 Å². The maximum atomic E-state index is 13.3. The van der Waals surface area contributed by atoms with E-state index < -0.39 is 11.7 Å². The fourth-order valence-electron chi connectivity index (χ4n) is 3.73. The van der Waals surface area contributed by atoms with Crippen molar-refractivity contribution < 1.29 is 18.0 Å². The highest BCUT2D eigenvalue weighted by Crippen LogP contribution is 2.30. The van der Waals surface area contributed by atoms with E-state index in [1.165, 1.54) is 6.07 Å². The van der Waals surface area contributed by atoms with Crippen LogP contribution in [0.1, 0.15) is 28.0 Å². The van der Waals surface area contributed by atoms with Crippen molar-refractivity contribution in [3.05, 3.63) is 70.6 Å². The van der Waals surface area contributed by atoms with Gasteiger partial charge in [-0.05, 0) is 37.6 Å². The number of aromatic nitrogens is 3. The molecule has 3 aromatic rings. The number of pyridine rings is 1. The van der Waals surface area contributed by atoms with Crippen molar-refractivity contribution >= 4 is 23.3 Å². The normalized spacial score (nSPS) is 15.0. The lowest BCUT2D eigenvalue weighted by Crippen LogP contribution is -2.35. The first-order chi connectivity index (χ1) is 15.3. The quantitative estimate of drug-likeness (QED) is 0.569. The van der Waals surface area contributed by atoms with Gasteiger partial charge in [-0.3, -0.25) is 4.79 Å². The molecule has 1 aromatic carbocycles. The fourth-order valence-corrected chi connectivity index (χ4v) is 4.08. The average molecular weight is 464 g/mol. The lowest BCUT2D eigenvalue weighted by Gasteiger charge is -2.23. The minimum absolute atomic E-state index is 0.211. The summed E-state index contributed by atoms with van der Waals surface area (Å²) in [7, 11) is 0. The highest BCUT2D eigenvalue weighted by Gasteiger charge is 2.31.